The largest absolute Gasteiger partial charge is 0.368 e. The smallest absolute Gasteiger partial charge is 0.234 e. The van der Waals surface area contributed by atoms with Gasteiger partial charge in [0.15, 0.2) is 0 Å². The third-order valence-electron chi connectivity index (χ3n) is 2.91. The van der Waals surface area contributed by atoms with Crippen LogP contribution >= 0.6 is 0 Å². The molecule has 5 heteroatoms. The van der Waals surface area contributed by atoms with Crippen molar-refractivity contribution in [2.75, 3.05) is 0 Å². The molecule has 0 saturated heterocycles. The number of aromatic nitrogens is 2. The number of amides is 1. The van der Waals surface area contributed by atoms with Gasteiger partial charge >= 0.3 is 0 Å². The Morgan fingerprint density at radius 1 is 1.37 bits per heavy atom. The molecule has 1 amide bonds. The Bertz CT molecular complexity index is 535. The van der Waals surface area contributed by atoms with Gasteiger partial charge in [-0.15, -0.1) is 0 Å². The summed E-state index contributed by atoms with van der Waals surface area (Å²) < 4.78 is 1.88. The highest BCUT2D eigenvalue weighted by molar-refractivity contribution is 5.79. The zero-order chi connectivity index (χ0) is 13.7. The lowest BCUT2D eigenvalue weighted by Crippen LogP contribution is -2.38. The zero-order valence-corrected chi connectivity index (χ0v) is 10.9. The Kier molecular flexibility index (Phi) is 4.30. The fraction of sp³-hybridized carbons (Fsp3) is 0.286. The summed E-state index contributed by atoms with van der Waals surface area (Å²) in [7, 11) is 0. The molecule has 19 heavy (non-hydrogen) atoms. The normalized spacial score (nSPS) is 12.3. The highest BCUT2D eigenvalue weighted by Gasteiger charge is 2.07. The average Bonchev–Trinajstić information content (AvgIpc) is 2.84. The van der Waals surface area contributed by atoms with Crippen molar-refractivity contribution in [2.45, 2.75) is 26.1 Å². The van der Waals surface area contributed by atoms with E-state index in [1.807, 2.05) is 29.1 Å². The average molecular weight is 258 g/mol. The number of primary amides is 1. The van der Waals surface area contributed by atoms with Crippen LogP contribution in [0.1, 0.15) is 18.1 Å². The molecule has 1 aromatic heterocycles. The standard InChI is InChI=1S/C14H18N4O/c1-11(14(15)19)16-7-13-8-17-18(10-13)9-12-5-3-2-4-6-12/h2-6,8,10-11,16H,7,9H2,1H3,(H2,15,19). The minimum Gasteiger partial charge on any atom is -0.368 e. The van der Waals surface area contributed by atoms with Crippen molar-refractivity contribution in [2.24, 2.45) is 5.73 Å². The summed E-state index contributed by atoms with van der Waals surface area (Å²) in [5.74, 6) is -0.350. The van der Waals surface area contributed by atoms with E-state index in [2.05, 4.69) is 22.5 Å². The van der Waals surface area contributed by atoms with Crippen LogP contribution in [0.2, 0.25) is 0 Å². The lowest BCUT2D eigenvalue weighted by atomic mass is 10.2. The molecule has 5 nitrogen and oxygen atoms in total. The van der Waals surface area contributed by atoms with Crippen LogP contribution in [-0.2, 0) is 17.9 Å². The van der Waals surface area contributed by atoms with Crippen LogP contribution in [0.15, 0.2) is 42.7 Å². The molecule has 0 saturated carbocycles. The zero-order valence-electron chi connectivity index (χ0n) is 10.9. The van der Waals surface area contributed by atoms with Crippen LogP contribution in [0.3, 0.4) is 0 Å². The Balaban J connectivity index is 1.90. The number of hydrogen-bond acceptors (Lipinski definition) is 3. The van der Waals surface area contributed by atoms with Gasteiger partial charge in [0.05, 0.1) is 18.8 Å². The van der Waals surface area contributed by atoms with Crippen molar-refractivity contribution in [3.8, 4) is 0 Å². The second kappa shape index (κ2) is 6.15. The fourth-order valence-electron chi connectivity index (χ4n) is 1.73. The maximum absolute atomic E-state index is 10.9. The minimum absolute atomic E-state index is 0.336. The van der Waals surface area contributed by atoms with Gasteiger partial charge in [-0.05, 0) is 12.5 Å². The van der Waals surface area contributed by atoms with Crippen LogP contribution in [0, 0.1) is 0 Å². The summed E-state index contributed by atoms with van der Waals surface area (Å²) in [6.07, 6.45) is 3.76. The van der Waals surface area contributed by atoms with Gasteiger partial charge in [0.2, 0.25) is 5.91 Å². The Morgan fingerprint density at radius 3 is 2.79 bits per heavy atom. The molecule has 2 aromatic rings. The highest BCUT2D eigenvalue weighted by atomic mass is 16.1. The van der Waals surface area contributed by atoms with Gasteiger partial charge in [-0.1, -0.05) is 30.3 Å². The molecule has 100 valence electrons. The first-order valence-corrected chi connectivity index (χ1v) is 6.23. The summed E-state index contributed by atoms with van der Waals surface area (Å²) in [5.41, 5.74) is 7.42. The topological polar surface area (TPSA) is 72.9 Å². The first kappa shape index (κ1) is 13.3. The number of carbonyl (C=O) groups excluding carboxylic acids is 1. The van der Waals surface area contributed by atoms with Crippen LogP contribution in [0.25, 0.3) is 0 Å². The van der Waals surface area contributed by atoms with Gasteiger partial charge in [-0.25, -0.2) is 0 Å². The summed E-state index contributed by atoms with van der Waals surface area (Å²) in [6, 6.07) is 9.81. The molecule has 1 unspecified atom stereocenters. The third kappa shape index (κ3) is 3.93. The number of benzene rings is 1. The molecule has 0 bridgehead atoms. The molecule has 0 radical (unpaired) electrons. The summed E-state index contributed by atoms with van der Waals surface area (Å²) in [4.78, 5) is 10.9. The maximum atomic E-state index is 10.9. The third-order valence-corrected chi connectivity index (χ3v) is 2.91. The molecule has 3 N–H and O–H groups in total. The van der Waals surface area contributed by atoms with E-state index in [1.165, 1.54) is 5.56 Å². The number of nitrogens with one attached hydrogen (secondary N) is 1. The molecule has 0 aliphatic rings. The van der Waals surface area contributed by atoms with Gasteiger partial charge in [0.25, 0.3) is 0 Å². The van der Waals surface area contributed by atoms with E-state index >= 15 is 0 Å². The molecule has 1 aromatic carbocycles. The van der Waals surface area contributed by atoms with Gasteiger partial charge in [-0.3, -0.25) is 9.48 Å². The van der Waals surface area contributed by atoms with Crippen LogP contribution in [0.4, 0.5) is 0 Å². The van der Waals surface area contributed by atoms with Crippen molar-refractivity contribution in [3.05, 3.63) is 53.9 Å². The van der Waals surface area contributed by atoms with Crippen molar-refractivity contribution in [1.82, 2.24) is 15.1 Å². The van der Waals surface area contributed by atoms with E-state index in [0.29, 0.717) is 6.54 Å². The van der Waals surface area contributed by atoms with E-state index in [-0.39, 0.29) is 11.9 Å². The van der Waals surface area contributed by atoms with Crippen LogP contribution in [-0.4, -0.2) is 21.7 Å². The summed E-state index contributed by atoms with van der Waals surface area (Å²) in [5, 5.41) is 7.34. The van der Waals surface area contributed by atoms with Gasteiger partial charge < -0.3 is 11.1 Å². The minimum atomic E-state index is -0.350. The van der Waals surface area contributed by atoms with Crippen molar-refractivity contribution in [3.63, 3.8) is 0 Å². The second-order valence-electron chi connectivity index (χ2n) is 4.54. The van der Waals surface area contributed by atoms with Crippen molar-refractivity contribution in [1.29, 1.82) is 0 Å². The quantitative estimate of drug-likeness (QED) is 0.808. The molecule has 0 aliphatic carbocycles. The molecule has 1 heterocycles. The Labute approximate surface area is 112 Å². The molecule has 1 atom stereocenters. The molecular weight excluding hydrogens is 240 g/mol. The van der Waals surface area contributed by atoms with E-state index in [1.54, 1.807) is 13.1 Å². The fourth-order valence-corrected chi connectivity index (χ4v) is 1.73. The monoisotopic (exact) mass is 258 g/mol. The number of hydrogen-bond donors (Lipinski definition) is 2. The van der Waals surface area contributed by atoms with E-state index in [9.17, 15) is 4.79 Å². The predicted molar refractivity (Wildman–Crippen MR) is 73.3 cm³/mol. The van der Waals surface area contributed by atoms with Crippen molar-refractivity contribution < 1.29 is 4.79 Å². The number of nitrogens with zero attached hydrogens (tertiary/aromatic N) is 2. The second-order valence-corrected chi connectivity index (χ2v) is 4.54. The Hall–Kier alpha value is -2.14. The van der Waals surface area contributed by atoms with E-state index in [4.69, 9.17) is 5.73 Å². The van der Waals surface area contributed by atoms with Crippen LogP contribution in [0.5, 0.6) is 0 Å². The first-order valence-electron chi connectivity index (χ1n) is 6.23. The Morgan fingerprint density at radius 2 is 2.11 bits per heavy atom. The summed E-state index contributed by atoms with van der Waals surface area (Å²) >= 11 is 0. The lowest BCUT2D eigenvalue weighted by Gasteiger charge is -2.07. The molecular formula is C14H18N4O. The lowest BCUT2D eigenvalue weighted by molar-refractivity contribution is -0.119. The van der Waals surface area contributed by atoms with Crippen LogP contribution < -0.4 is 11.1 Å². The molecule has 0 fully saturated rings. The molecule has 2 rings (SSSR count). The predicted octanol–water partition coefficient (Wildman–Crippen LogP) is 0.895. The number of nitrogens with two attached hydrogens (primary N) is 1. The number of rotatable bonds is 6. The van der Waals surface area contributed by atoms with Gasteiger partial charge in [0.1, 0.15) is 0 Å². The van der Waals surface area contributed by atoms with Gasteiger partial charge in [0, 0.05) is 18.3 Å². The summed E-state index contributed by atoms with van der Waals surface area (Å²) in [6.45, 7) is 3.07. The van der Waals surface area contributed by atoms with Crippen molar-refractivity contribution >= 4 is 5.91 Å². The SMILES string of the molecule is CC(NCc1cnn(Cc2ccccc2)c1)C(N)=O. The highest BCUT2D eigenvalue weighted by Crippen LogP contribution is 2.04. The van der Waals surface area contributed by atoms with E-state index in [0.717, 1.165) is 12.1 Å². The van der Waals surface area contributed by atoms with E-state index < -0.39 is 0 Å². The maximum Gasteiger partial charge on any atom is 0.234 e. The van der Waals surface area contributed by atoms with Gasteiger partial charge in [-0.2, -0.15) is 5.10 Å². The first-order chi connectivity index (χ1) is 9.15. The number of carbonyl (C=O) groups is 1. The molecule has 0 aliphatic heterocycles. The molecule has 0 spiro atoms.